The number of anilines is 2. The zero-order chi connectivity index (χ0) is 15.0. The summed E-state index contributed by atoms with van der Waals surface area (Å²) in [5.74, 6) is 0. The van der Waals surface area contributed by atoms with Gasteiger partial charge in [0, 0.05) is 25.3 Å². The van der Waals surface area contributed by atoms with E-state index in [4.69, 9.17) is 5.73 Å². The Morgan fingerprint density at radius 3 is 3.00 bits per heavy atom. The van der Waals surface area contributed by atoms with Gasteiger partial charge in [0.2, 0.25) is 0 Å². The van der Waals surface area contributed by atoms with Gasteiger partial charge in [-0.05, 0) is 46.5 Å². The third-order valence-corrected chi connectivity index (χ3v) is 4.66. The second-order valence-electron chi connectivity index (χ2n) is 5.12. The molecule has 0 saturated carbocycles. The molecule has 0 amide bonds. The molecule has 0 saturated heterocycles. The van der Waals surface area contributed by atoms with Crippen molar-refractivity contribution in [1.82, 2.24) is 9.78 Å². The average molecular weight is 349 g/mol. The maximum absolute atomic E-state index is 12.2. The molecule has 21 heavy (non-hydrogen) atoms. The van der Waals surface area contributed by atoms with E-state index in [9.17, 15) is 4.79 Å². The molecule has 1 aliphatic rings. The highest BCUT2D eigenvalue weighted by atomic mass is 79.9. The van der Waals surface area contributed by atoms with Crippen LogP contribution in [0.2, 0.25) is 0 Å². The second-order valence-corrected chi connectivity index (χ2v) is 5.91. The normalized spacial score (nSPS) is 14.1. The van der Waals surface area contributed by atoms with Gasteiger partial charge in [-0.2, -0.15) is 5.10 Å². The van der Waals surface area contributed by atoms with E-state index in [0.29, 0.717) is 17.6 Å². The lowest BCUT2D eigenvalue weighted by Crippen LogP contribution is -2.34. The number of aryl methyl sites for hydroxylation is 1. The van der Waals surface area contributed by atoms with Crippen molar-refractivity contribution in [2.24, 2.45) is 0 Å². The Morgan fingerprint density at radius 1 is 1.43 bits per heavy atom. The van der Waals surface area contributed by atoms with E-state index in [-0.39, 0.29) is 5.56 Å². The summed E-state index contributed by atoms with van der Waals surface area (Å²) in [5.41, 5.74) is 10.1. The summed E-state index contributed by atoms with van der Waals surface area (Å²) in [6, 6.07) is 6.03. The lowest BCUT2D eigenvalue weighted by Gasteiger charge is -2.31. The van der Waals surface area contributed by atoms with Crippen LogP contribution in [0.4, 0.5) is 11.4 Å². The number of hydrogen-bond donors (Lipinski definition) is 1. The van der Waals surface area contributed by atoms with Gasteiger partial charge in [-0.25, -0.2) is 4.68 Å². The first kappa shape index (κ1) is 14.1. The average Bonchev–Trinajstić information content (AvgIpc) is 2.50. The molecule has 3 rings (SSSR count). The van der Waals surface area contributed by atoms with Crippen LogP contribution in [-0.2, 0) is 19.5 Å². The number of nitrogens with two attached hydrogens (primary N) is 1. The molecule has 0 aliphatic carbocycles. The van der Waals surface area contributed by atoms with Crippen molar-refractivity contribution in [2.45, 2.75) is 26.4 Å². The van der Waals surface area contributed by atoms with E-state index in [2.05, 4.69) is 32.0 Å². The standard InChI is InChI=1S/C15H17BrN4O/c1-2-20-15(21)14(16)13(8-18-20)19-7-6-10-4-3-5-12(17)11(10)9-19/h3-5,8H,2,6-7,9,17H2,1H3. The van der Waals surface area contributed by atoms with Gasteiger partial charge in [0.15, 0.2) is 0 Å². The Kier molecular flexibility index (Phi) is 3.71. The van der Waals surface area contributed by atoms with Gasteiger partial charge in [-0.15, -0.1) is 0 Å². The molecular weight excluding hydrogens is 332 g/mol. The summed E-state index contributed by atoms with van der Waals surface area (Å²) in [7, 11) is 0. The minimum Gasteiger partial charge on any atom is -0.398 e. The predicted octanol–water partition coefficient (Wildman–Crippen LogP) is 2.17. The molecular formula is C15H17BrN4O. The monoisotopic (exact) mass is 348 g/mol. The van der Waals surface area contributed by atoms with Crippen LogP contribution in [0, 0.1) is 0 Å². The fraction of sp³-hybridized carbons (Fsp3) is 0.333. The van der Waals surface area contributed by atoms with E-state index in [0.717, 1.165) is 29.9 Å². The molecule has 0 radical (unpaired) electrons. The zero-order valence-corrected chi connectivity index (χ0v) is 13.4. The fourth-order valence-electron chi connectivity index (χ4n) is 2.71. The molecule has 2 aromatic rings. The minimum atomic E-state index is -0.0955. The van der Waals surface area contributed by atoms with Crippen molar-refractivity contribution in [2.75, 3.05) is 17.2 Å². The van der Waals surface area contributed by atoms with Crippen molar-refractivity contribution >= 4 is 27.3 Å². The topological polar surface area (TPSA) is 64.2 Å². The molecule has 1 aromatic carbocycles. The van der Waals surface area contributed by atoms with Gasteiger partial charge in [0.1, 0.15) is 4.47 Å². The van der Waals surface area contributed by atoms with Crippen LogP contribution >= 0.6 is 15.9 Å². The maximum atomic E-state index is 12.2. The van der Waals surface area contributed by atoms with Gasteiger partial charge < -0.3 is 10.6 Å². The van der Waals surface area contributed by atoms with Gasteiger partial charge in [0.05, 0.1) is 11.9 Å². The quantitative estimate of drug-likeness (QED) is 0.844. The Morgan fingerprint density at radius 2 is 2.24 bits per heavy atom. The number of halogens is 1. The third-order valence-electron chi connectivity index (χ3n) is 3.92. The molecule has 0 bridgehead atoms. The van der Waals surface area contributed by atoms with E-state index < -0.39 is 0 Å². The highest BCUT2D eigenvalue weighted by Crippen LogP contribution is 2.30. The summed E-state index contributed by atoms with van der Waals surface area (Å²) >= 11 is 3.42. The van der Waals surface area contributed by atoms with Gasteiger partial charge in [0.25, 0.3) is 5.56 Å². The third kappa shape index (κ3) is 2.44. The van der Waals surface area contributed by atoms with Gasteiger partial charge in [-0.1, -0.05) is 12.1 Å². The van der Waals surface area contributed by atoms with Crippen LogP contribution in [-0.4, -0.2) is 16.3 Å². The molecule has 6 heteroatoms. The number of nitrogens with zero attached hydrogens (tertiary/aromatic N) is 3. The van der Waals surface area contributed by atoms with Crippen LogP contribution in [0.25, 0.3) is 0 Å². The van der Waals surface area contributed by atoms with E-state index in [1.807, 2.05) is 19.1 Å². The van der Waals surface area contributed by atoms with Crippen molar-refractivity contribution in [3.63, 3.8) is 0 Å². The predicted molar refractivity (Wildman–Crippen MR) is 87.5 cm³/mol. The zero-order valence-electron chi connectivity index (χ0n) is 11.8. The minimum absolute atomic E-state index is 0.0955. The van der Waals surface area contributed by atoms with Crippen LogP contribution in [0.5, 0.6) is 0 Å². The summed E-state index contributed by atoms with van der Waals surface area (Å²) in [4.78, 5) is 14.3. The van der Waals surface area contributed by atoms with E-state index in [1.165, 1.54) is 10.2 Å². The van der Waals surface area contributed by atoms with Gasteiger partial charge >= 0.3 is 0 Å². The van der Waals surface area contributed by atoms with Crippen molar-refractivity contribution in [3.05, 3.63) is 50.3 Å². The number of aromatic nitrogens is 2. The number of benzene rings is 1. The van der Waals surface area contributed by atoms with Crippen molar-refractivity contribution in [3.8, 4) is 0 Å². The Bertz CT molecular complexity index is 741. The van der Waals surface area contributed by atoms with Gasteiger partial charge in [-0.3, -0.25) is 4.79 Å². The smallest absolute Gasteiger partial charge is 0.283 e. The lowest BCUT2D eigenvalue weighted by atomic mass is 9.98. The number of fused-ring (bicyclic) bond motifs is 1. The first-order valence-electron chi connectivity index (χ1n) is 6.98. The SMILES string of the molecule is CCn1ncc(N2CCc3cccc(N)c3C2)c(Br)c1=O. The first-order chi connectivity index (χ1) is 10.1. The van der Waals surface area contributed by atoms with Crippen LogP contribution in [0.1, 0.15) is 18.1 Å². The van der Waals surface area contributed by atoms with Crippen molar-refractivity contribution in [1.29, 1.82) is 0 Å². The summed E-state index contributed by atoms with van der Waals surface area (Å²) < 4.78 is 2.01. The molecule has 2 N–H and O–H groups in total. The summed E-state index contributed by atoms with van der Waals surface area (Å²) in [5, 5.41) is 4.21. The molecule has 0 atom stereocenters. The lowest BCUT2D eigenvalue weighted by molar-refractivity contribution is 0.607. The van der Waals surface area contributed by atoms with E-state index >= 15 is 0 Å². The molecule has 2 heterocycles. The van der Waals surface area contributed by atoms with Crippen LogP contribution in [0.3, 0.4) is 0 Å². The molecule has 1 aromatic heterocycles. The first-order valence-corrected chi connectivity index (χ1v) is 7.78. The number of hydrogen-bond acceptors (Lipinski definition) is 4. The largest absolute Gasteiger partial charge is 0.398 e. The Balaban J connectivity index is 1.99. The highest BCUT2D eigenvalue weighted by Gasteiger charge is 2.21. The van der Waals surface area contributed by atoms with Crippen LogP contribution in [0.15, 0.2) is 33.7 Å². The second kappa shape index (κ2) is 5.52. The highest BCUT2D eigenvalue weighted by molar-refractivity contribution is 9.10. The molecule has 110 valence electrons. The molecule has 0 fully saturated rings. The molecule has 1 aliphatic heterocycles. The molecule has 0 unspecified atom stereocenters. The summed E-state index contributed by atoms with van der Waals surface area (Å²) in [6.45, 7) is 4.02. The molecule has 0 spiro atoms. The number of nitrogen functional groups attached to an aromatic ring is 1. The molecule has 5 nitrogen and oxygen atoms in total. The fourth-order valence-corrected chi connectivity index (χ4v) is 3.27. The van der Waals surface area contributed by atoms with Crippen LogP contribution < -0.4 is 16.2 Å². The Labute approximate surface area is 131 Å². The Hall–Kier alpha value is -1.82. The summed E-state index contributed by atoms with van der Waals surface area (Å²) in [6.07, 6.45) is 2.67. The van der Waals surface area contributed by atoms with Crippen molar-refractivity contribution < 1.29 is 0 Å². The maximum Gasteiger partial charge on any atom is 0.283 e. The van der Waals surface area contributed by atoms with E-state index in [1.54, 1.807) is 6.20 Å². The number of rotatable bonds is 2.